The SMILES string of the molecule is CNCC(=O)Nc1ccc(Br)c(C(F)(F)F)c1.Cl. The molecule has 0 atom stereocenters. The zero-order chi connectivity index (χ0) is 13.1. The molecule has 102 valence electrons. The molecular formula is C10H11BrClF3N2O. The van der Waals surface area contributed by atoms with E-state index in [1.165, 1.54) is 12.1 Å². The molecule has 0 saturated heterocycles. The van der Waals surface area contributed by atoms with Crippen LogP contribution in [0.3, 0.4) is 0 Å². The highest BCUT2D eigenvalue weighted by Crippen LogP contribution is 2.36. The molecule has 0 aliphatic rings. The minimum absolute atomic E-state index is 0. The number of carbonyl (C=O) groups is 1. The summed E-state index contributed by atoms with van der Waals surface area (Å²) in [5.41, 5.74) is -0.708. The van der Waals surface area contributed by atoms with Crippen LogP contribution in [-0.4, -0.2) is 19.5 Å². The lowest BCUT2D eigenvalue weighted by Gasteiger charge is -2.11. The number of amides is 1. The molecule has 18 heavy (non-hydrogen) atoms. The van der Waals surface area contributed by atoms with Gasteiger partial charge in [-0.2, -0.15) is 13.2 Å². The van der Waals surface area contributed by atoms with Crippen LogP contribution in [0.5, 0.6) is 0 Å². The average molecular weight is 348 g/mol. The Kier molecular flexibility index (Phi) is 6.66. The number of benzene rings is 1. The highest BCUT2D eigenvalue weighted by molar-refractivity contribution is 9.10. The van der Waals surface area contributed by atoms with Crippen LogP contribution < -0.4 is 10.6 Å². The van der Waals surface area contributed by atoms with Crippen LogP contribution in [0.4, 0.5) is 18.9 Å². The van der Waals surface area contributed by atoms with E-state index in [2.05, 4.69) is 26.6 Å². The fourth-order valence-corrected chi connectivity index (χ4v) is 1.66. The molecule has 2 N–H and O–H groups in total. The van der Waals surface area contributed by atoms with Gasteiger partial charge in [0.25, 0.3) is 0 Å². The van der Waals surface area contributed by atoms with E-state index in [9.17, 15) is 18.0 Å². The van der Waals surface area contributed by atoms with Crippen LogP contribution in [0.15, 0.2) is 22.7 Å². The molecule has 0 spiro atoms. The first-order valence-corrected chi connectivity index (χ1v) is 5.45. The summed E-state index contributed by atoms with van der Waals surface area (Å²) in [7, 11) is 1.57. The van der Waals surface area contributed by atoms with Crippen molar-refractivity contribution in [2.45, 2.75) is 6.18 Å². The summed E-state index contributed by atoms with van der Waals surface area (Å²) in [5.74, 6) is -0.400. The van der Waals surface area contributed by atoms with E-state index in [4.69, 9.17) is 0 Å². The van der Waals surface area contributed by atoms with E-state index in [1.807, 2.05) is 0 Å². The summed E-state index contributed by atoms with van der Waals surface area (Å²) < 4.78 is 37.6. The highest BCUT2D eigenvalue weighted by atomic mass is 79.9. The lowest BCUT2D eigenvalue weighted by atomic mass is 10.2. The van der Waals surface area contributed by atoms with Gasteiger partial charge in [0.05, 0.1) is 12.1 Å². The topological polar surface area (TPSA) is 41.1 Å². The van der Waals surface area contributed by atoms with E-state index in [0.29, 0.717) is 0 Å². The van der Waals surface area contributed by atoms with Crippen molar-refractivity contribution in [3.05, 3.63) is 28.2 Å². The molecule has 1 rings (SSSR count). The number of nitrogens with one attached hydrogen (secondary N) is 2. The normalized spacial score (nSPS) is 10.7. The van der Waals surface area contributed by atoms with Crippen LogP contribution in [0.2, 0.25) is 0 Å². The lowest BCUT2D eigenvalue weighted by molar-refractivity contribution is -0.138. The van der Waals surface area contributed by atoms with Gasteiger partial charge >= 0.3 is 6.18 Å². The van der Waals surface area contributed by atoms with E-state index < -0.39 is 17.6 Å². The zero-order valence-electron chi connectivity index (χ0n) is 9.27. The summed E-state index contributed by atoms with van der Waals surface area (Å²) in [6.45, 7) is 0.0391. The number of likely N-dealkylation sites (N-methyl/N-ethyl adjacent to an activating group) is 1. The second-order valence-corrected chi connectivity index (χ2v) is 4.13. The Bertz CT molecular complexity index is 426. The largest absolute Gasteiger partial charge is 0.417 e. The molecule has 0 unspecified atom stereocenters. The molecule has 1 aromatic rings. The van der Waals surface area contributed by atoms with E-state index in [-0.39, 0.29) is 29.1 Å². The van der Waals surface area contributed by atoms with Crippen LogP contribution in [0, 0.1) is 0 Å². The monoisotopic (exact) mass is 346 g/mol. The number of alkyl halides is 3. The number of anilines is 1. The van der Waals surface area contributed by atoms with Crippen molar-refractivity contribution >= 4 is 39.9 Å². The Hall–Kier alpha value is -0.790. The molecule has 0 fully saturated rings. The van der Waals surface area contributed by atoms with E-state index >= 15 is 0 Å². The van der Waals surface area contributed by atoms with Gasteiger partial charge in [-0.15, -0.1) is 12.4 Å². The predicted molar refractivity (Wildman–Crippen MR) is 68.9 cm³/mol. The van der Waals surface area contributed by atoms with Crippen molar-refractivity contribution in [1.82, 2.24) is 5.32 Å². The molecule has 1 aromatic carbocycles. The second kappa shape index (κ2) is 6.96. The third kappa shape index (κ3) is 4.83. The Balaban J connectivity index is 0.00000289. The number of halogens is 5. The van der Waals surface area contributed by atoms with Gasteiger partial charge in [-0.05, 0) is 25.2 Å². The van der Waals surface area contributed by atoms with Crippen molar-refractivity contribution in [3.63, 3.8) is 0 Å². The van der Waals surface area contributed by atoms with Gasteiger partial charge in [0, 0.05) is 10.2 Å². The Labute approximate surface area is 117 Å². The van der Waals surface area contributed by atoms with Crippen LogP contribution in [0.25, 0.3) is 0 Å². The first-order chi connectivity index (χ1) is 7.84. The van der Waals surface area contributed by atoms with Gasteiger partial charge in [0.1, 0.15) is 0 Å². The fraction of sp³-hybridized carbons (Fsp3) is 0.300. The first kappa shape index (κ1) is 17.2. The van der Waals surface area contributed by atoms with E-state index in [0.717, 1.165) is 6.07 Å². The minimum atomic E-state index is -4.46. The molecule has 0 bridgehead atoms. The smallest absolute Gasteiger partial charge is 0.325 e. The quantitative estimate of drug-likeness (QED) is 0.882. The molecule has 0 aliphatic carbocycles. The maximum Gasteiger partial charge on any atom is 0.417 e. The predicted octanol–water partition coefficient (Wildman–Crippen LogP) is 3.05. The van der Waals surface area contributed by atoms with Gasteiger partial charge in [-0.3, -0.25) is 4.79 Å². The minimum Gasteiger partial charge on any atom is -0.325 e. The molecule has 0 heterocycles. The van der Waals surface area contributed by atoms with Crippen molar-refractivity contribution < 1.29 is 18.0 Å². The fourth-order valence-electron chi connectivity index (χ4n) is 1.19. The van der Waals surface area contributed by atoms with Gasteiger partial charge in [-0.1, -0.05) is 15.9 Å². The molecule has 0 aromatic heterocycles. The number of hydrogen-bond acceptors (Lipinski definition) is 2. The third-order valence-electron chi connectivity index (χ3n) is 1.89. The highest BCUT2D eigenvalue weighted by Gasteiger charge is 2.33. The zero-order valence-corrected chi connectivity index (χ0v) is 11.7. The van der Waals surface area contributed by atoms with Crippen molar-refractivity contribution in [1.29, 1.82) is 0 Å². The summed E-state index contributed by atoms with van der Waals surface area (Å²) in [6.07, 6.45) is -4.46. The Morgan fingerprint density at radius 2 is 2.00 bits per heavy atom. The van der Waals surface area contributed by atoms with Crippen molar-refractivity contribution in [2.75, 3.05) is 18.9 Å². The van der Waals surface area contributed by atoms with Gasteiger partial charge in [-0.25, -0.2) is 0 Å². The first-order valence-electron chi connectivity index (χ1n) is 4.66. The van der Waals surface area contributed by atoms with Gasteiger partial charge in [0.15, 0.2) is 0 Å². The van der Waals surface area contributed by atoms with Crippen molar-refractivity contribution in [2.24, 2.45) is 0 Å². The molecular weight excluding hydrogens is 336 g/mol. The summed E-state index contributed by atoms with van der Waals surface area (Å²) in [4.78, 5) is 11.2. The van der Waals surface area contributed by atoms with E-state index in [1.54, 1.807) is 7.05 Å². The van der Waals surface area contributed by atoms with Crippen LogP contribution in [0.1, 0.15) is 5.56 Å². The van der Waals surface area contributed by atoms with Crippen molar-refractivity contribution in [3.8, 4) is 0 Å². The Morgan fingerprint density at radius 1 is 1.39 bits per heavy atom. The van der Waals surface area contributed by atoms with Crippen LogP contribution >= 0.6 is 28.3 Å². The second-order valence-electron chi connectivity index (χ2n) is 3.27. The average Bonchev–Trinajstić information content (AvgIpc) is 2.19. The summed E-state index contributed by atoms with van der Waals surface area (Å²) in [6, 6.07) is 3.53. The molecule has 8 heteroatoms. The summed E-state index contributed by atoms with van der Waals surface area (Å²) >= 11 is 2.82. The Morgan fingerprint density at radius 3 is 2.50 bits per heavy atom. The molecule has 0 aliphatic heterocycles. The van der Waals surface area contributed by atoms with Gasteiger partial charge in [0.2, 0.25) is 5.91 Å². The standard InChI is InChI=1S/C10H10BrF3N2O.ClH/c1-15-5-9(17)16-6-2-3-8(11)7(4-6)10(12,13)14;/h2-4,15H,5H2,1H3,(H,16,17);1H. The van der Waals surface area contributed by atoms with Crippen LogP contribution in [-0.2, 0) is 11.0 Å². The maximum absolute atomic E-state index is 12.6. The summed E-state index contributed by atoms with van der Waals surface area (Å²) in [5, 5.41) is 4.96. The molecule has 0 radical (unpaired) electrons. The molecule has 0 saturated carbocycles. The number of hydrogen-bond donors (Lipinski definition) is 2. The lowest BCUT2D eigenvalue weighted by Crippen LogP contribution is -2.25. The maximum atomic E-state index is 12.6. The molecule has 3 nitrogen and oxygen atoms in total. The third-order valence-corrected chi connectivity index (χ3v) is 2.58. The molecule has 1 amide bonds. The number of carbonyl (C=O) groups excluding carboxylic acids is 1. The number of rotatable bonds is 3. The van der Waals surface area contributed by atoms with Gasteiger partial charge < -0.3 is 10.6 Å².